The van der Waals surface area contributed by atoms with Gasteiger partial charge < -0.3 is 5.11 Å². The van der Waals surface area contributed by atoms with Crippen LogP contribution < -0.4 is 0 Å². The molecule has 2 aromatic rings. The minimum Gasteiger partial charge on any atom is -0.395 e. The van der Waals surface area contributed by atoms with Gasteiger partial charge in [-0.15, -0.1) is 0 Å². The van der Waals surface area contributed by atoms with E-state index < -0.39 is 0 Å². The van der Waals surface area contributed by atoms with Crippen LogP contribution in [0.2, 0.25) is 0 Å². The first-order chi connectivity index (χ1) is 9.58. The normalized spacial score (nSPS) is 11.2. The van der Waals surface area contributed by atoms with Crippen molar-refractivity contribution < 1.29 is 9.50 Å². The molecule has 0 aliphatic carbocycles. The van der Waals surface area contributed by atoms with Gasteiger partial charge in [0.15, 0.2) is 0 Å². The van der Waals surface area contributed by atoms with Gasteiger partial charge in [-0.1, -0.05) is 15.9 Å². The molecule has 0 spiro atoms. The van der Waals surface area contributed by atoms with Crippen LogP contribution in [0.25, 0.3) is 0 Å². The predicted octanol–water partition coefficient (Wildman–Crippen LogP) is 2.32. The number of aromatic nitrogens is 2. The number of hydrogen-bond donors (Lipinski definition) is 1. The summed E-state index contributed by atoms with van der Waals surface area (Å²) in [5.41, 5.74) is 1.65. The fraction of sp³-hybridized carbons (Fsp3) is 0.357. The summed E-state index contributed by atoms with van der Waals surface area (Å²) < 4.78 is 16.4. The summed E-state index contributed by atoms with van der Waals surface area (Å²) in [6, 6.07) is 4.89. The summed E-state index contributed by atoms with van der Waals surface area (Å²) in [7, 11) is 1.86. The van der Waals surface area contributed by atoms with E-state index in [1.54, 1.807) is 23.0 Å². The molecule has 1 aromatic heterocycles. The monoisotopic (exact) mass is 341 g/mol. The summed E-state index contributed by atoms with van der Waals surface area (Å²) in [6.07, 6.45) is 3.70. The third-order valence-electron chi connectivity index (χ3n) is 2.98. The van der Waals surface area contributed by atoms with Crippen molar-refractivity contribution in [2.45, 2.75) is 13.1 Å². The van der Waals surface area contributed by atoms with Crippen molar-refractivity contribution in [1.29, 1.82) is 0 Å². The Labute approximate surface area is 126 Å². The maximum atomic E-state index is 13.8. The third kappa shape index (κ3) is 4.13. The van der Waals surface area contributed by atoms with Crippen LogP contribution in [0.5, 0.6) is 0 Å². The topological polar surface area (TPSA) is 41.3 Å². The lowest BCUT2D eigenvalue weighted by Gasteiger charge is -2.21. The van der Waals surface area contributed by atoms with E-state index in [-0.39, 0.29) is 12.4 Å². The van der Waals surface area contributed by atoms with Gasteiger partial charge in [0.1, 0.15) is 5.82 Å². The van der Waals surface area contributed by atoms with Gasteiger partial charge >= 0.3 is 0 Å². The molecule has 1 aromatic carbocycles. The second-order valence-corrected chi connectivity index (χ2v) is 5.61. The minimum absolute atomic E-state index is 0.0376. The van der Waals surface area contributed by atoms with E-state index >= 15 is 0 Å². The molecule has 0 aliphatic heterocycles. The van der Waals surface area contributed by atoms with Crippen LogP contribution in [-0.4, -0.2) is 32.9 Å². The fourth-order valence-corrected chi connectivity index (χ4v) is 2.48. The molecule has 6 heteroatoms. The summed E-state index contributed by atoms with van der Waals surface area (Å²) in [6.45, 7) is 1.60. The average molecular weight is 342 g/mol. The second-order valence-electron chi connectivity index (χ2n) is 4.69. The Bertz CT molecular complexity index is 573. The first kappa shape index (κ1) is 15.2. The van der Waals surface area contributed by atoms with Crippen molar-refractivity contribution >= 4 is 15.9 Å². The van der Waals surface area contributed by atoms with Gasteiger partial charge in [-0.2, -0.15) is 5.10 Å². The summed E-state index contributed by atoms with van der Waals surface area (Å²) in [5, 5.41) is 13.3. The molecule has 0 saturated carbocycles. The first-order valence-electron chi connectivity index (χ1n) is 6.33. The van der Waals surface area contributed by atoms with Crippen molar-refractivity contribution in [2.24, 2.45) is 7.05 Å². The van der Waals surface area contributed by atoms with Crippen LogP contribution in [-0.2, 0) is 20.1 Å². The van der Waals surface area contributed by atoms with Gasteiger partial charge in [0.05, 0.1) is 12.8 Å². The highest BCUT2D eigenvalue weighted by Crippen LogP contribution is 2.18. The van der Waals surface area contributed by atoms with E-state index in [9.17, 15) is 4.39 Å². The molecule has 2 rings (SSSR count). The highest BCUT2D eigenvalue weighted by molar-refractivity contribution is 9.10. The van der Waals surface area contributed by atoms with Gasteiger partial charge in [-0.3, -0.25) is 9.58 Å². The van der Waals surface area contributed by atoms with Gasteiger partial charge in [0, 0.05) is 48.5 Å². The Kier molecular flexibility index (Phi) is 5.28. The standard InChI is InChI=1S/C14H17BrFN3O/c1-18-8-11(7-17-18)9-19(4-5-20)10-12-6-13(15)2-3-14(12)16/h2-3,6-8,20H,4-5,9-10H2,1H3. The van der Waals surface area contributed by atoms with Crippen LogP contribution in [0.3, 0.4) is 0 Å². The number of rotatable bonds is 6. The first-order valence-corrected chi connectivity index (χ1v) is 7.12. The number of aliphatic hydroxyl groups excluding tert-OH is 1. The third-order valence-corrected chi connectivity index (χ3v) is 3.48. The largest absolute Gasteiger partial charge is 0.395 e. The van der Waals surface area contributed by atoms with Crippen LogP contribution >= 0.6 is 15.9 Å². The summed E-state index contributed by atoms with van der Waals surface area (Å²) in [4.78, 5) is 1.99. The van der Waals surface area contributed by atoms with Crippen LogP contribution in [0.1, 0.15) is 11.1 Å². The molecule has 0 fully saturated rings. The van der Waals surface area contributed by atoms with Crippen molar-refractivity contribution in [1.82, 2.24) is 14.7 Å². The highest BCUT2D eigenvalue weighted by Gasteiger charge is 2.11. The average Bonchev–Trinajstić information content (AvgIpc) is 2.79. The molecule has 0 bridgehead atoms. The number of nitrogens with zero attached hydrogens (tertiary/aromatic N) is 3. The summed E-state index contributed by atoms with van der Waals surface area (Å²) >= 11 is 3.35. The molecule has 108 valence electrons. The number of aliphatic hydroxyl groups is 1. The van der Waals surface area contributed by atoms with E-state index in [0.29, 0.717) is 25.2 Å². The molecule has 0 amide bonds. The van der Waals surface area contributed by atoms with Gasteiger partial charge in [0.2, 0.25) is 0 Å². The molecule has 0 atom stereocenters. The Morgan fingerprint density at radius 1 is 1.40 bits per heavy atom. The smallest absolute Gasteiger partial charge is 0.127 e. The molecule has 1 N–H and O–H groups in total. The maximum Gasteiger partial charge on any atom is 0.127 e. The zero-order valence-corrected chi connectivity index (χ0v) is 12.8. The maximum absolute atomic E-state index is 13.8. The lowest BCUT2D eigenvalue weighted by atomic mass is 10.2. The number of hydrogen-bond acceptors (Lipinski definition) is 3. The lowest BCUT2D eigenvalue weighted by Crippen LogP contribution is -2.26. The van der Waals surface area contributed by atoms with Crippen LogP contribution in [0, 0.1) is 5.82 Å². The minimum atomic E-state index is -0.234. The van der Waals surface area contributed by atoms with E-state index in [2.05, 4.69) is 21.0 Å². The molecular weight excluding hydrogens is 325 g/mol. The van der Waals surface area contributed by atoms with Crippen LogP contribution in [0.4, 0.5) is 4.39 Å². The van der Waals surface area contributed by atoms with Gasteiger partial charge in [-0.05, 0) is 18.2 Å². The van der Waals surface area contributed by atoms with E-state index in [1.165, 1.54) is 6.07 Å². The van der Waals surface area contributed by atoms with Crippen LogP contribution in [0.15, 0.2) is 35.1 Å². The SMILES string of the molecule is Cn1cc(CN(CCO)Cc2cc(Br)ccc2F)cn1. The Morgan fingerprint density at radius 2 is 2.20 bits per heavy atom. The molecular formula is C14H17BrFN3O. The number of aryl methyl sites for hydroxylation is 1. The molecule has 4 nitrogen and oxygen atoms in total. The van der Waals surface area contributed by atoms with Crippen molar-refractivity contribution in [2.75, 3.05) is 13.2 Å². The zero-order chi connectivity index (χ0) is 14.5. The van der Waals surface area contributed by atoms with Gasteiger partial charge in [0.25, 0.3) is 0 Å². The van der Waals surface area contributed by atoms with Crippen molar-refractivity contribution in [3.8, 4) is 0 Å². The Morgan fingerprint density at radius 3 is 2.85 bits per heavy atom. The Hall–Kier alpha value is -1.24. The zero-order valence-electron chi connectivity index (χ0n) is 11.3. The molecule has 0 radical (unpaired) electrons. The number of halogens is 2. The molecule has 0 aliphatic rings. The van der Waals surface area contributed by atoms with Gasteiger partial charge in [-0.25, -0.2) is 4.39 Å². The Balaban J connectivity index is 2.10. The molecule has 1 heterocycles. The molecule has 0 saturated heterocycles. The van der Waals surface area contributed by atoms with E-state index in [0.717, 1.165) is 10.0 Å². The van der Waals surface area contributed by atoms with Crippen molar-refractivity contribution in [3.63, 3.8) is 0 Å². The highest BCUT2D eigenvalue weighted by atomic mass is 79.9. The molecule has 0 unspecified atom stereocenters. The predicted molar refractivity (Wildman–Crippen MR) is 78.5 cm³/mol. The summed E-state index contributed by atoms with van der Waals surface area (Å²) in [5.74, 6) is -0.234. The molecule has 20 heavy (non-hydrogen) atoms. The van der Waals surface area contributed by atoms with E-state index in [4.69, 9.17) is 5.11 Å². The fourth-order valence-electron chi connectivity index (χ4n) is 2.07. The quantitative estimate of drug-likeness (QED) is 0.876. The van der Waals surface area contributed by atoms with Crippen molar-refractivity contribution in [3.05, 3.63) is 52.0 Å². The van der Waals surface area contributed by atoms with E-state index in [1.807, 2.05) is 18.1 Å². The second kappa shape index (κ2) is 6.97. The number of benzene rings is 1. The lowest BCUT2D eigenvalue weighted by molar-refractivity contribution is 0.182.